The lowest BCUT2D eigenvalue weighted by Crippen LogP contribution is -2.52. The minimum atomic E-state index is -4.36. The Bertz CT molecular complexity index is 718. The fourth-order valence-corrected chi connectivity index (χ4v) is 5.19. The van der Waals surface area contributed by atoms with E-state index < -0.39 is 17.8 Å². The Morgan fingerprint density at radius 1 is 1.30 bits per heavy atom. The Morgan fingerprint density at radius 2 is 2.07 bits per heavy atom. The molecule has 1 aromatic carbocycles. The molecule has 9 heteroatoms. The number of benzene rings is 1. The van der Waals surface area contributed by atoms with Gasteiger partial charge in [0.1, 0.15) is 6.10 Å². The Kier molecular flexibility index (Phi) is 7.92. The van der Waals surface area contributed by atoms with Crippen LogP contribution in [0.1, 0.15) is 37.0 Å². The molecule has 2 aliphatic rings. The van der Waals surface area contributed by atoms with Crippen LogP contribution in [0.4, 0.5) is 13.2 Å². The second-order valence-electron chi connectivity index (χ2n) is 7.56. The van der Waals surface area contributed by atoms with E-state index in [1.165, 1.54) is 12.1 Å². The number of nitrogens with one attached hydrogen (secondary N) is 1. The van der Waals surface area contributed by atoms with Crippen LogP contribution in [0.15, 0.2) is 29.3 Å². The highest BCUT2D eigenvalue weighted by Gasteiger charge is 2.34. The predicted octanol–water partition coefficient (Wildman–Crippen LogP) is 3.96. The maximum Gasteiger partial charge on any atom is 0.416 e. The zero-order chi connectivity index (χ0) is 21.6. The van der Waals surface area contributed by atoms with E-state index in [1.807, 2.05) is 11.8 Å². The molecule has 1 aromatic rings. The molecule has 1 atom stereocenters. The summed E-state index contributed by atoms with van der Waals surface area (Å²) in [6.07, 6.45) is -2.81. The molecular weight excluding hydrogens is 415 g/mol. The van der Waals surface area contributed by atoms with Crippen molar-refractivity contribution >= 4 is 17.7 Å². The molecule has 0 aromatic heterocycles. The molecule has 1 N–H and O–H groups in total. The summed E-state index contributed by atoms with van der Waals surface area (Å²) < 4.78 is 50.7. The van der Waals surface area contributed by atoms with E-state index in [9.17, 15) is 13.2 Å². The number of alkyl halides is 3. The molecular formula is C21H30F3N3O2S. The maximum atomic E-state index is 13.1. The number of morpholine rings is 1. The van der Waals surface area contributed by atoms with E-state index in [4.69, 9.17) is 9.47 Å². The van der Waals surface area contributed by atoms with E-state index in [2.05, 4.69) is 22.1 Å². The monoisotopic (exact) mass is 445 g/mol. The van der Waals surface area contributed by atoms with Gasteiger partial charge in [0.05, 0.1) is 18.7 Å². The maximum absolute atomic E-state index is 13.1. The van der Waals surface area contributed by atoms with Crippen LogP contribution in [0.25, 0.3) is 0 Å². The summed E-state index contributed by atoms with van der Waals surface area (Å²) >= 11 is 1.95. The van der Waals surface area contributed by atoms with E-state index in [-0.39, 0.29) is 4.75 Å². The summed E-state index contributed by atoms with van der Waals surface area (Å²) in [7, 11) is 1.74. The van der Waals surface area contributed by atoms with Crippen molar-refractivity contribution in [2.45, 2.75) is 36.8 Å². The van der Waals surface area contributed by atoms with Gasteiger partial charge in [-0.25, -0.2) is 0 Å². The van der Waals surface area contributed by atoms with Crippen molar-refractivity contribution < 1.29 is 22.6 Å². The molecule has 0 radical (unpaired) electrons. The highest BCUT2D eigenvalue weighted by Crippen LogP contribution is 2.35. The van der Waals surface area contributed by atoms with Gasteiger partial charge in [-0.15, -0.1) is 0 Å². The van der Waals surface area contributed by atoms with Crippen molar-refractivity contribution in [2.24, 2.45) is 4.99 Å². The molecule has 0 amide bonds. The molecule has 3 rings (SSSR count). The summed E-state index contributed by atoms with van der Waals surface area (Å²) in [5.74, 6) is 1.80. The van der Waals surface area contributed by atoms with Gasteiger partial charge in [0.15, 0.2) is 5.96 Å². The molecule has 5 nitrogen and oxygen atoms in total. The molecule has 2 fully saturated rings. The van der Waals surface area contributed by atoms with Crippen LogP contribution >= 0.6 is 11.8 Å². The minimum Gasteiger partial charge on any atom is -0.381 e. The Labute approximate surface area is 180 Å². The van der Waals surface area contributed by atoms with Crippen molar-refractivity contribution in [3.05, 3.63) is 35.4 Å². The predicted molar refractivity (Wildman–Crippen MR) is 114 cm³/mol. The Morgan fingerprint density at radius 3 is 2.73 bits per heavy atom. The van der Waals surface area contributed by atoms with Gasteiger partial charge < -0.3 is 19.7 Å². The first-order valence-electron chi connectivity index (χ1n) is 10.3. The van der Waals surface area contributed by atoms with Crippen molar-refractivity contribution in [1.29, 1.82) is 0 Å². The van der Waals surface area contributed by atoms with Crippen molar-refractivity contribution in [2.75, 3.05) is 52.3 Å². The number of thioether (sulfide) groups is 1. The number of nitrogens with zero attached hydrogens (tertiary/aromatic N) is 2. The third-order valence-corrected chi connectivity index (χ3v) is 7.04. The average molecular weight is 446 g/mol. The van der Waals surface area contributed by atoms with Gasteiger partial charge in [-0.05, 0) is 36.3 Å². The Hall–Kier alpha value is -1.45. The number of hydrogen-bond donors (Lipinski definition) is 1. The molecule has 1 unspecified atom stereocenters. The Balaban J connectivity index is 1.66. The number of halogens is 3. The lowest BCUT2D eigenvalue weighted by molar-refractivity contribution is -0.137. The number of rotatable bonds is 5. The molecule has 2 heterocycles. The van der Waals surface area contributed by atoms with Gasteiger partial charge in [-0.2, -0.15) is 24.9 Å². The van der Waals surface area contributed by atoms with Crippen LogP contribution in [0.5, 0.6) is 0 Å². The third kappa shape index (κ3) is 5.82. The molecule has 0 spiro atoms. The molecule has 2 saturated heterocycles. The number of ether oxygens (including phenoxy) is 2. The highest BCUT2D eigenvalue weighted by atomic mass is 32.2. The van der Waals surface area contributed by atoms with E-state index in [1.54, 1.807) is 13.1 Å². The second-order valence-corrected chi connectivity index (χ2v) is 9.29. The smallest absolute Gasteiger partial charge is 0.381 e. The lowest BCUT2D eigenvalue weighted by Gasteiger charge is -2.39. The first-order valence-corrected chi connectivity index (χ1v) is 11.3. The van der Waals surface area contributed by atoms with Gasteiger partial charge in [-0.3, -0.25) is 4.99 Å². The number of guanidine groups is 1. The molecule has 0 aliphatic carbocycles. The highest BCUT2D eigenvalue weighted by molar-refractivity contribution is 8.00. The van der Waals surface area contributed by atoms with Gasteiger partial charge in [0.25, 0.3) is 0 Å². The summed E-state index contributed by atoms with van der Waals surface area (Å²) in [6, 6.07) is 5.39. The van der Waals surface area contributed by atoms with Gasteiger partial charge in [-0.1, -0.05) is 19.1 Å². The van der Waals surface area contributed by atoms with Crippen molar-refractivity contribution in [1.82, 2.24) is 10.2 Å². The first-order chi connectivity index (χ1) is 14.4. The molecule has 2 aliphatic heterocycles. The van der Waals surface area contributed by atoms with Crippen LogP contribution in [0.2, 0.25) is 0 Å². The van der Waals surface area contributed by atoms with Crippen LogP contribution in [0, 0.1) is 0 Å². The fourth-order valence-electron chi connectivity index (χ4n) is 3.95. The number of aliphatic imine (C=N–C) groups is 1. The second kappa shape index (κ2) is 10.2. The summed E-state index contributed by atoms with van der Waals surface area (Å²) in [4.78, 5) is 6.50. The minimum absolute atomic E-state index is 0.121. The molecule has 30 heavy (non-hydrogen) atoms. The first kappa shape index (κ1) is 23.2. The molecule has 168 valence electrons. The topological polar surface area (TPSA) is 46.1 Å². The largest absolute Gasteiger partial charge is 0.416 e. The average Bonchev–Trinajstić information content (AvgIpc) is 2.75. The zero-order valence-corrected chi connectivity index (χ0v) is 18.3. The molecule has 0 bridgehead atoms. The van der Waals surface area contributed by atoms with Gasteiger partial charge in [0.2, 0.25) is 0 Å². The van der Waals surface area contributed by atoms with Crippen LogP contribution in [0.3, 0.4) is 0 Å². The lowest BCUT2D eigenvalue weighted by atomic mass is 9.99. The van der Waals surface area contributed by atoms with Gasteiger partial charge >= 0.3 is 6.18 Å². The summed E-state index contributed by atoms with van der Waals surface area (Å²) in [5.41, 5.74) is -0.117. The normalized spacial score (nSPS) is 22.8. The fraction of sp³-hybridized carbons (Fsp3) is 0.667. The number of hydrogen-bond acceptors (Lipinski definition) is 4. The zero-order valence-electron chi connectivity index (χ0n) is 17.5. The van der Waals surface area contributed by atoms with Crippen LogP contribution < -0.4 is 5.32 Å². The summed E-state index contributed by atoms with van der Waals surface area (Å²) in [6.45, 7) is 6.02. The summed E-state index contributed by atoms with van der Waals surface area (Å²) in [5, 5.41) is 3.51. The van der Waals surface area contributed by atoms with Gasteiger partial charge in [0, 0.05) is 38.1 Å². The van der Waals surface area contributed by atoms with E-state index in [0.29, 0.717) is 25.3 Å². The van der Waals surface area contributed by atoms with Crippen molar-refractivity contribution in [3.8, 4) is 0 Å². The van der Waals surface area contributed by atoms with E-state index >= 15 is 0 Å². The van der Waals surface area contributed by atoms with Crippen molar-refractivity contribution in [3.63, 3.8) is 0 Å². The standard InChI is InChI=1S/C21H30F3N3O2S/c1-3-30-20(7-10-28-11-8-20)15-26-19(25-2)27-9-12-29-18(14-27)16-5-4-6-17(13-16)21(22,23)24/h4-6,13,18H,3,7-12,14-15H2,1-2H3,(H,25,26). The van der Waals surface area contributed by atoms with E-state index in [0.717, 1.165) is 50.4 Å². The SMILES string of the molecule is CCSC1(CNC(=NC)N2CCOC(c3cccc(C(F)(F)F)c3)C2)CCOCC1. The quantitative estimate of drug-likeness (QED) is 0.549. The van der Waals surface area contributed by atoms with Crippen LogP contribution in [-0.2, 0) is 15.7 Å². The van der Waals surface area contributed by atoms with Crippen LogP contribution in [-0.4, -0.2) is 67.9 Å². The molecule has 0 saturated carbocycles. The third-order valence-electron chi connectivity index (χ3n) is 5.59.